The Labute approximate surface area is 136 Å². The van der Waals surface area contributed by atoms with Gasteiger partial charge in [0.05, 0.1) is 5.69 Å². The first-order valence-corrected chi connectivity index (χ1v) is 8.21. The van der Waals surface area contributed by atoms with Crippen LogP contribution in [0.5, 0.6) is 0 Å². The maximum atomic E-state index is 5.91. The van der Waals surface area contributed by atoms with Gasteiger partial charge in [0.1, 0.15) is 6.26 Å². The van der Waals surface area contributed by atoms with Crippen LogP contribution in [0.15, 0.2) is 34.9 Å². The SMILES string of the molecule is CN(Cc1coc(-c2ccc(Cl)cc2)n1)C1CCCNCC1. The molecule has 2 aromatic rings. The Morgan fingerprint density at radius 1 is 1.27 bits per heavy atom. The predicted molar refractivity (Wildman–Crippen MR) is 88.9 cm³/mol. The normalized spacial score (nSPS) is 19.3. The van der Waals surface area contributed by atoms with Crippen molar-refractivity contribution in [2.45, 2.75) is 31.8 Å². The van der Waals surface area contributed by atoms with E-state index in [1.165, 1.54) is 19.3 Å². The highest BCUT2D eigenvalue weighted by Gasteiger charge is 2.18. The van der Waals surface area contributed by atoms with Gasteiger partial charge in [0, 0.05) is 23.2 Å². The number of hydrogen-bond donors (Lipinski definition) is 1. The standard InChI is InChI=1S/C17H22ClN3O/c1-21(16-3-2-9-19-10-8-16)11-15-12-22-17(20-15)13-4-6-14(18)7-5-13/h4-7,12,16,19H,2-3,8-11H2,1H3. The molecule has 1 aromatic heterocycles. The zero-order chi connectivity index (χ0) is 15.4. The minimum Gasteiger partial charge on any atom is -0.444 e. The van der Waals surface area contributed by atoms with Crippen molar-refractivity contribution in [1.29, 1.82) is 0 Å². The Bertz CT molecular complexity index is 588. The Morgan fingerprint density at radius 3 is 2.91 bits per heavy atom. The fourth-order valence-corrected chi connectivity index (χ4v) is 3.06. The summed E-state index contributed by atoms with van der Waals surface area (Å²) in [4.78, 5) is 6.99. The first kappa shape index (κ1) is 15.5. The van der Waals surface area contributed by atoms with E-state index in [4.69, 9.17) is 16.0 Å². The second-order valence-corrected chi connectivity index (χ2v) is 6.34. The minimum absolute atomic E-state index is 0.616. The Morgan fingerprint density at radius 2 is 2.09 bits per heavy atom. The van der Waals surface area contributed by atoms with Gasteiger partial charge in [0.2, 0.25) is 5.89 Å². The molecule has 1 aromatic carbocycles. The largest absolute Gasteiger partial charge is 0.444 e. The van der Waals surface area contributed by atoms with E-state index in [1.807, 2.05) is 24.3 Å². The molecule has 22 heavy (non-hydrogen) atoms. The second-order valence-electron chi connectivity index (χ2n) is 5.90. The molecular formula is C17H22ClN3O. The molecule has 1 aliphatic heterocycles. The van der Waals surface area contributed by atoms with Crippen molar-refractivity contribution in [1.82, 2.24) is 15.2 Å². The molecule has 1 aliphatic rings. The lowest BCUT2D eigenvalue weighted by Crippen LogP contribution is -2.32. The molecule has 2 heterocycles. The summed E-state index contributed by atoms with van der Waals surface area (Å²) in [5.74, 6) is 0.655. The van der Waals surface area contributed by atoms with Crippen LogP contribution in [0.2, 0.25) is 5.02 Å². The molecule has 1 atom stereocenters. The predicted octanol–water partition coefficient (Wildman–Crippen LogP) is 3.57. The third kappa shape index (κ3) is 3.88. The first-order chi connectivity index (χ1) is 10.7. The van der Waals surface area contributed by atoms with Crippen molar-refractivity contribution in [3.63, 3.8) is 0 Å². The summed E-state index contributed by atoms with van der Waals surface area (Å²) in [6.45, 7) is 3.06. The van der Waals surface area contributed by atoms with Gasteiger partial charge in [0.25, 0.3) is 0 Å². The molecule has 0 spiro atoms. The van der Waals surface area contributed by atoms with Crippen molar-refractivity contribution in [3.05, 3.63) is 41.2 Å². The van der Waals surface area contributed by atoms with E-state index >= 15 is 0 Å². The fraction of sp³-hybridized carbons (Fsp3) is 0.471. The maximum Gasteiger partial charge on any atom is 0.226 e. The van der Waals surface area contributed by atoms with Crippen LogP contribution in [-0.4, -0.2) is 36.1 Å². The molecule has 1 N–H and O–H groups in total. The molecule has 5 heteroatoms. The van der Waals surface area contributed by atoms with Crippen LogP contribution in [0.25, 0.3) is 11.5 Å². The van der Waals surface area contributed by atoms with E-state index in [-0.39, 0.29) is 0 Å². The van der Waals surface area contributed by atoms with Gasteiger partial charge in [-0.1, -0.05) is 11.6 Å². The molecule has 0 radical (unpaired) electrons. The van der Waals surface area contributed by atoms with Gasteiger partial charge in [-0.05, 0) is 63.7 Å². The Kier molecular flexibility index (Phi) is 5.13. The summed E-state index contributed by atoms with van der Waals surface area (Å²) >= 11 is 5.91. The Hall–Kier alpha value is -1.36. The number of nitrogens with zero attached hydrogens (tertiary/aromatic N) is 2. The average Bonchev–Trinajstić information content (AvgIpc) is 2.81. The highest BCUT2D eigenvalue weighted by Crippen LogP contribution is 2.22. The fourth-order valence-electron chi connectivity index (χ4n) is 2.93. The number of oxazole rings is 1. The maximum absolute atomic E-state index is 5.91. The molecule has 1 saturated heterocycles. The van der Waals surface area contributed by atoms with E-state index < -0.39 is 0 Å². The van der Waals surface area contributed by atoms with Crippen LogP contribution in [-0.2, 0) is 6.54 Å². The van der Waals surface area contributed by atoms with E-state index in [9.17, 15) is 0 Å². The summed E-state index contributed by atoms with van der Waals surface area (Å²) in [5, 5.41) is 4.17. The van der Waals surface area contributed by atoms with Gasteiger partial charge in [-0.15, -0.1) is 0 Å². The van der Waals surface area contributed by atoms with Crippen LogP contribution >= 0.6 is 11.6 Å². The highest BCUT2D eigenvalue weighted by atomic mass is 35.5. The topological polar surface area (TPSA) is 41.3 Å². The van der Waals surface area contributed by atoms with Crippen LogP contribution < -0.4 is 5.32 Å². The number of rotatable bonds is 4. The summed E-state index contributed by atoms with van der Waals surface area (Å²) < 4.78 is 5.61. The van der Waals surface area contributed by atoms with Crippen LogP contribution in [0.4, 0.5) is 0 Å². The molecule has 0 bridgehead atoms. The quantitative estimate of drug-likeness (QED) is 0.935. The van der Waals surface area contributed by atoms with Crippen LogP contribution in [0.1, 0.15) is 25.0 Å². The van der Waals surface area contributed by atoms with Gasteiger partial charge >= 0.3 is 0 Å². The summed E-state index contributed by atoms with van der Waals surface area (Å²) in [7, 11) is 2.17. The molecule has 0 saturated carbocycles. The molecule has 3 rings (SSSR count). The van der Waals surface area contributed by atoms with Crippen molar-refractivity contribution in [2.75, 3.05) is 20.1 Å². The number of benzene rings is 1. The van der Waals surface area contributed by atoms with Crippen molar-refractivity contribution < 1.29 is 4.42 Å². The lowest BCUT2D eigenvalue weighted by molar-refractivity contribution is 0.214. The van der Waals surface area contributed by atoms with Crippen LogP contribution in [0.3, 0.4) is 0 Å². The lowest BCUT2D eigenvalue weighted by Gasteiger charge is -2.25. The number of halogens is 1. The highest BCUT2D eigenvalue weighted by molar-refractivity contribution is 6.30. The van der Waals surface area contributed by atoms with Crippen molar-refractivity contribution in [2.24, 2.45) is 0 Å². The van der Waals surface area contributed by atoms with Gasteiger partial charge in [-0.3, -0.25) is 4.90 Å². The number of aromatic nitrogens is 1. The summed E-state index contributed by atoms with van der Waals surface area (Å²) in [6.07, 6.45) is 5.43. The number of hydrogen-bond acceptors (Lipinski definition) is 4. The molecular weight excluding hydrogens is 298 g/mol. The van der Waals surface area contributed by atoms with E-state index in [2.05, 4.69) is 22.2 Å². The van der Waals surface area contributed by atoms with Gasteiger partial charge in [0.15, 0.2) is 0 Å². The third-order valence-electron chi connectivity index (χ3n) is 4.22. The monoisotopic (exact) mass is 319 g/mol. The van der Waals surface area contributed by atoms with Crippen molar-refractivity contribution >= 4 is 11.6 Å². The molecule has 1 unspecified atom stereocenters. The lowest BCUT2D eigenvalue weighted by atomic mass is 10.1. The smallest absolute Gasteiger partial charge is 0.226 e. The van der Waals surface area contributed by atoms with Gasteiger partial charge < -0.3 is 9.73 Å². The Balaban J connectivity index is 1.64. The average molecular weight is 320 g/mol. The molecule has 4 nitrogen and oxygen atoms in total. The van der Waals surface area contributed by atoms with Gasteiger partial charge in [-0.25, -0.2) is 4.98 Å². The van der Waals surface area contributed by atoms with Gasteiger partial charge in [-0.2, -0.15) is 0 Å². The molecule has 0 amide bonds. The van der Waals surface area contributed by atoms with Crippen LogP contribution in [0, 0.1) is 0 Å². The van der Waals surface area contributed by atoms with E-state index in [0.29, 0.717) is 11.9 Å². The molecule has 0 aliphatic carbocycles. The summed E-state index contributed by atoms with van der Waals surface area (Å²) in [6, 6.07) is 8.18. The van der Waals surface area contributed by atoms with E-state index in [1.54, 1.807) is 6.26 Å². The second kappa shape index (κ2) is 7.27. The molecule has 1 fully saturated rings. The zero-order valence-electron chi connectivity index (χ0n) is 12.9. The number of nitrogens with one attached hydrogen (secondary N) is 1. The zero-order valence-corrected chi connectivity index (χ0v) is 13.6. The summed E-state index contributed by atoms with van der Waals surface area (Å²) in [5.41, 5.74) is 1.93. The minimum atomic E-state index is 0.616. The first-order valence-electron chi connectivity index (χ1n) is 7.83. The van der Waals surface area contributed by atoms with Crippen molar-refractivity contribution in [3.8, 4) is 11.5 Å². The van der Waals surface area contributed by atoms with E-state index in [0.717, 1.165) is 35.9 Å². The third-order valence-corrected chi connectivity index (χ3v) is 4.47. The molecule has 118 valence electrons.